The molecule has 0 spiro atoms. The molecule has 134 valence electrons. The first-order chi connectivity index (χ1) is 12.5. The number of benzene rings is 2. The summed E-state index contributed by atoms with van der Waals surface area (Å²) < 4.78 is 12.3. The highest BCUT2D eigenvalue weighted by atomic mass is 32.1. The van der Waals surface area contributed by atoms with Crippen LogP contribution < -0.4 is 9.47 Å². The van der Waals surface area contributed by atoms with Crippen molar-refractivity contribution < 1.29 is 19.7 Å². The zero-order valence-corrected chi connectivity index (χ0v) is 14.8. The van der Waals surface area contributed by atoms with Gasteiger partial charge in [-0.1, -0.05) is 0 Å². The van der Waals surface area contributed by atoms with Crippen molar-refractivity contribution in [2.45, 2.75) is 0 Å². The first-order valence-electron chi connectivity index (χ1n) is 7.49. The van der Waals surface area contributed by atoms with Crippen molar-refractivity contribution in [3.63, 3.8) is 0 Å². The first-order valence-corrected chi connectivity index (χ1v) is 7.90. The maximum absolute atomic E-state index is 9.57. The molecule has 0 amide bonds. The summed E-state index contributed by atoms with van der Waals surface area (Å²) in [4.78, 5) is 0. The maximum Gasteiger partial charge on any atom is 0.216 e. The number of phenols is 2. The minimum absolute atomic E-state index is 0.201. The van der Waals surface area contributed by atoms with Crippen LogP contribution in [-0.2, 0) is 0 Å². The number of ether oxygens (including phenoxy) is 2. The SMILES string of the molecule is COc1ccc(-c2n[nH]c(=S)n2N=Cc2ccc(O)c(O)c2)cc1OC. The van der Waals surface area contributed by atoms with Crippen LogP contribution in [0.15, 0.2) is 41.5 Å². The van der Waals surface area contributed by atoms with Gasteiger partial charge in [0.15, 0.2) is 28.8 Å². The molecule has 26 heavy (non-hydrogen) atoms. The predicted molar refractivity (Wildman–Crippen MR) is 98.7 cm³/mol. The van der Waals surface area contributed by atoms with E-state index in [2.05, 4.69) is 15.3 Å². The van der Waals surface area contributed by atoms with Gasteiger partial charge in [-0.3, -0.25) is 0 Å². The molecule has 3 N–H and O–H groups in total. The molecular formula is C17H16N4O4S. The van der Waals surface area contributed by atoms with Crippen LogP contribution in [0.2, 0.25) is 0 Å². The van der Waals surface area contributed by atoms with Gasteiger partial charge in [0.1, 0.15) is 0 Å². The second-order valence-electron chi connectivity index (χ2n) is 5.23. The van der Waals surface area contributed by atoms with Crippen molar-refractivity contribution in [1.82, 2.24) is 14.9 Å². The molecule has 0 aliphatic rings. The van der Waals surface area contributed by atoms with Crippen molar-refractivity contribution in [2.24, 2.45) is 5.10 Å². The third-order valence-electron chi connectivity index (χ3n) is 3.61. The Balaban J connectivity index is 2.00. The Kier molecular flexibility index (Phi) is 4.90. The van der Waals surface area contributed by atoms with Crippen molar-refractivity contribution in [3.05, 3.63) is 46.7 Å². The van der Waals surface area contributed by atoms with Crippen LogP contribution in [0.1, 0.15) is 5.56 Å². The van der Waals surface area contributed by atoms with Crippen LogP contribution >= 0.6 is 12.2 Å². The lowest BCUT2D eigenvalue weighted by molar-refractivity contribution is 0.355. The molecule has 0 fully saturated rings. The van der Waals surface area contributed by atoms with Crippen LogP contribution in [0.4, 0.5) is 0 Å². The Morgan fingerprint density at radius 2 is 1.85 bits per heavy atom. The van der Waals surface area contributed by atoms with Crippen LogP contribution in [0.5, 0.6) is 23.0 Å². The summed E-state index contributed by atoms with van der Waals surface area (Å²) in [5, 5.41) is 30.2. The number of H-pyrrole nitrogens is 1. The molecule has 0 aliphatic carbocycles. The van der Waals surface area contributed by atoms with E-state index < -0.39 is 0 Å². The number of nitrogens with zero attached hydrogens (tertiary/aromatic N) is 3. The molecule has 0 saturated carbocycles. The molecule has 9 heteroatoms. The van der Waals surface area contributed by atoms with Gasteiger partial charge in [0, 0.05) is 5.56 Å². The topological polar surface area (TPSA) is 105 Å². The van der Waals surface area contributed by atoms with E-state index >= 15 is 0 Å². The normalized spacial score (nSPS) is 11.0. The number of hydrogen-bond acceptors (Lipinski definition) is 7. The van der Waals surface area contributed by atoms with E-state index in [1.807, 2.05) is 6.07 Å². The lowest BCUT2D eigenvalue weighted by atomic mass is 10.2. The molecule has 2 aromatic carbocycles. The van der Waals surface area contributed by atoms with Gasteiger partial charge >= 0.3 is 0 Å². The minimum Gasteiger partial charge on any atom is -0.504 e. The molecule has 0 unspecified atom stereocenters. The second kappa shape index (κ2) is 7.28. The fourth-order valence-electron chi connectivity index (χ4n) is 2.31. The van der Waals surface area contributed by atoms with Gasteiger partial charge < -0.3 is 19.7 Å². The highest BCUT2D eigenvalue weighted by Crippen LogP contribution is 2.31. The first kappa shape index (κ1) is 17.5. The monoisotopic (exact) mass is 372 g/mol. The zero-order chi connectivity index (χ0) is 18.7. The van der Waals surface area contributed by atoms with Gasteiger partial charge in [0.2, 0.25) is 4.77 Å². The van der Waals surface area contributed by atoms with Crippen LogP contribution in [0.3, 0.4) is 0 Å². The van der Waals surface area contributed by atoms with E-state index in [9.17, 15) is 10.2 Å². The lowest BCUT2D eigenvalue weighted by Gasteiger charge is -2.09. The Labute approximate surface area is 154 Å². The summed E-state index contributed by atoms with van der Waals surface area (Å²) >= 11 is 5.23. The Bertz CT molecular complexity index is 1030. The third kappa shape index (κ3) is 3.38. The molecule has 3 rings (SSSR count). The van der Waals surface area contributed by atoms with E-state index in [1.54, 1.807) is 32.4 Å². The Morgan fingerprint density at radius 3 is 2.54 bits per heavy atom. The van der Waals surface area contributed by atoms with Crippen LogP contribution in [0, 0.1) is 4.77 Å². The number of aromatic amines is 1. The average Bonchev–Trinajstić information content (AvgIpc) is 3.02. The number of nitrogens with one attached hydrogen (secondary N) is 1. The van der Waals surface area contributed by atoms with Gasteiger partial charge in [0.05, 0.1) is 20.4 Å². The summed E-state index contributed by atoms with van der Waals surface area (Å²) in [6.07, 6.45) is 1.49. The van der Waals surface area contributed by atoms with Gasteiger partial charge in [-0.15, -0.1) is 0 Å². The largest absolute Gasteiger partial charge is 0.504 e. The maximum atomic E-state index is 9.57. The summed E-state index contributed by atoms with van der Waals surface area (Å²) in [6.45, 7) is 0. The molecule has 0 atom stereocenters. The quantitative estimate of drug-likeness (QED) is 0.361. The van der Waals surface area contributed by atoms with E-state index in [1.165, 1.54) is 23.0 Å². The lowest BCUT2D eigenvalue weighted by Crippen LogP contribution is -1.96. The molecule has 8 nitrogen and oxygen atoms in total. The van der Waals surface area contributed by atoms with E-state index in [4.69, 9.17) is 21.7 Å². The number of hydrogen-bond donors (Lipinski definition) is 3. The Morgan fingerprint density at radius 1 is 1.08 bits per heavy atom. The summed E-state index contributed by atoms with van der Waals surface area (Å²) in [6, 6.07) is 9.71. The number of aromatic hydroxyl groups is 2. The molecular weight excluding hydrogens is 356 g/mol. The highest BCUT2D eigenvalue weighted by Gasteiger charge is 2.12. The van der Waals surface area contributed by atoms with E-state index in [0.717, 1.165) is 5.56 Å². The smallest absolute Gasteiger partial charge is 0.216 e. The summed E-state index contributed by atoms with van der Waals surface area (Å²) in [7, 11) is 3.11. The fraction of sp³-hybridized carbons (Fsp3) is 0.118. The number of phenolic OH excluding ortho intramolecular Hbond substituents is 2. The van der Waals surface area contributed by atoms with Crippen molar-refractivity contribution in [2.75, 3.05) is 14.2 Å². The van der Waals surface area contributed by atoms with Gasteiger partial charge in [-0.2, -0.15) is 14.9 Å². The predicted octanol–water partition coefficient (Wildman–Crippen LogP) is 2.92. The van der Waals surface area contributed by atoms with Gasteiger partial charge in [0.25, 0.3) is 0 Å². The zero-order valence-electron chi connectivity index (χ0n) is 14.0. The number of rotatable bonds is 5. The van der Waals surface area contributed by atoms with Gasteiger partial charge in [-0.25, -0.2) is 5.10 Å². The highest BCUT2D eigenvalue weighted by molar-refractivity contribution is 7.71. The van der Waals surface area contributed by atoms with Gasteiger partial charge in [-0.05, 0) is 54.2 Å². The Hall–Kier alpha value is -3.33. The fourth-order valence-corrected chi connectivity index (χ4v) is 2.49. The standard InChI is InChI=1S/C17H16N4O4S/c1-24-14-6-4-11(8-15(14)25-2)16-19-20-17(26)21(16)18-9-10-3-5-12(22)13(23)7-10/h3-9,22-23H,1-2H3,(H,20,26). The second-order valence-corrected chi connectivity index (χ2v) is 5.61. The molecule has 1 heterocycles. The molecule has 0 saturated heterocycles. The molecule has 0 aliphatic heterocycles. The summed E-state index contributed by atoms with van der Waals surface area (Å²) in [5.74, 6) is 1.20. The molecule has 0 radical (unpaired) electrons. The third-order valence-corrected chi connectivity index (χ3v) is 3.88. The van der Waals surface area contributed by atoms with Crippen LogP contribution in [0.25, 0.3) is 11.4 Å². The van der Waals surface area contributed by atoms with Crippen LogP contribution in [-0.4, -0.2) is 45.5 Å². The number of aromatic nitrogens is 3. The van der Waals surface area contributed by atoms with Crippen molar-refractivity contribution in [1.29, 1.82) is 0 Å². The van der Waals surface area contributed by atoms with Crippen molar-refractivity contribution >= 4 is 18.4 Å². The number of methoxy groups -OCH3 is 2. The minimum atomic E-state index is -0.232. The van der Waals surface area contributed by atoms with E-state index in [-0.39, 0.29) is 11.5 Å². The molecule has 1 aromatic heterocycles. The summed E-state index contributed by atoms with van der Waals surface area (Å²) in [5.41, 5.74) is 1.31. The average molecular weight is 372 g/mol. The van der Waals surface area contributed by atoms with Crippen molar-refractivity contribution in [3.8, 4) is 34.4 Å². The molecule has 0 bridgehead atoms. The van der Waals surface area contributed by atoms with E-state index in [0.29, 0.717) is 27.7 Å². The molecule has 3 aromatic rings.